The molecule has 24 heavy (non-hydrogen) atoms. The van der Waals surface area contributed by atoms with Crippen molar-refractivity contribution in [2.75, 3.05) is 35.2 Å². The number of nitrogens with one attached hydrogen (secondary N) is 2. The van der Waals surface area contributed by atoms with Gasteiger partial charge in [0.2, 0.25) is 5.91 Å². The molecule has 7 heteroatoms. The highest BCUT2D eigenvalue weighted by Crippen LogP contribution is 2.24. The predicted octanol–water partition coefficient (Wildman–Crippen LogP) is 1.98. The monoisotopic (exact) mass is 347 g/mol. The van der Waals surface area contributed by atoms with Crippen molar-refractivity contribution >= 4 is 34.6 Å². The van der Waals surface area contributed by atoms with Crippen LogP contribution in [0, 0.1) is 0 Å². The summed E-state index contributed by atoms with van der Waals surface area (Å²) >= 11 is 5.86. The highest BCUT2D eigenvalue weighted by Gasteiger charge is 2.27. The second-order valence-electron chi connectivity index (χ2n) is 5.81. The number of benzene rings is 1. The van der Waals surface area contributed by atoms with Gasteiger partial charge in [-0.05, 0) is 31.0 Å². The van der Waals surface area contributed by atoms with Crippen molar-refractivity contribution < 1.29 is 4.79 Å². The van der Waals surface area contributed by atoms with Gasteiger partial charge in [-0.3, -0.25) is 14.4 Å². The van der Waals surface area contributed by atoms with Crippen LogP contribution in [0.1, 0.15) is 19.3 Å². The van der Waals surface area contributed by atoms with Crippen molar-refractivity contribution in [3.8, 4) is 0 Å². The fourth-order valence-corrected chi connectivity index (χ4v) is 3.07. The second kappa shape index (κ2) is 7.05. The molecular weight excluding hydrogens is 330 g/mol. The Morgan fingerprint density at radius 2 is 1.92 bits per heavy atom. The van der Waals surface area contributed by atoms with Crippen LogP contribution in [0.2, 0.25) is 5.02 Å². The molecule has 0 aliphatic carbocycles. The molecule has 0 aromatic heterocycles. The lowest BCUT2D eigenvalue weighted by molar-refractivity contribution is -0.115. The second-order valence-corrected chi connectivity index (χ2v) is 6.25. The average Bonchev–Trinajstić information content (AvgIpc) is 3.07. The van der Waals surface area contributed by atoms with Crippen LogP contribution in [-0.2, 0) is 4.79 Å². The van der Waals surface area contributed by atoms with Gasteiger partial charge < -0.3 is 15.5 Å². The summed E-state index contributed by atoms with van der Waals surface area (Å²) in [6, 6.07) is 6.89. The normalized spacial score (nSPS) is 14.1. The summed E-state index contributed by atoms with van der Waals surface area (Å²) in [4.78, 5) is 37.3. The molecule has 0 bridgehead atoms. The molecule has 2 N–H and O–H groups in total. The van der Waals surface area contributed by atoms with Gasteiger partial charge in [-0.15, -0.1) is 0 Å². The molecule has 1 amide bonds. The molecule has 0 unspecified atom stereocenters. The molecule has 1 aliphatic heterocycles. The third-order valence-electron chi connectivity index (χ3n) is 4.07. The molecule has 3 rings (SSSR count). The minimum atomic E-state index is -0.493. The summed E-state index contributed by atoms with van der Waals surface area (Å²) in [5.41, 5.74) is 0.527. The maximum Gasteiger partial charge on any atom is 0.253 e. The number of halogens is 1. The predicted molar refractivity (Wildman–Crippen MR) is 96.0 cm³/mol. The van der Waals surface area contributed by atoms with Crippen molar-refractivity contribution in [2.24, 2.45) is 0 Å². The number of carbonyl (C=O) groups is 1. The topological polar surface area (TPSA) is 78.5 Å². The van der Waals surface area contributed by atoms with Gasteiger partial charge in [-0.25, -0.2) is 0 Å². The molecule has 2 aromatic rings. The van der Waals surface area contributed by atoms with Crippen LogP contribution in [0.15, 0.2) is 33.9 Å². The van der Waals surface area contributed by atoms with E-state index in [2.05, 4.69) is 10.6 Å². The van der Waals surface area contributed by atoms with E-state index in [1.807, 2.05) is 4.90 Å². The number of rotatable bonds is 6. The maximum absolute atomic E-state index is 11.9. The van der Waals surface area contributed by atoms with Crippen molar-refractivity contribution in [3.63, 3.8) is 0 Å². The summed E-state index contributed by atoms with van der Waals surface area (Å²) in [5, 5.41) is 6.22. The van der Waals surface area contributed by atoms with Gasteiger partial charge in [0.15, 0.2) is 0 Å². The van der Waals surface area contributed by atoms with E-state index in [1.165, 1.54) is 0 Å². The van der Waals surface area contributed by atoms with E-state index in [0.29, 0.717) is 22.1 Å². The Morgan fingerprint density at radius 1 is 1.17 bits per heavy atom. The largest absolute Gasteiger partial charge is 0.379 e. The Labute approximate surface area is 144 Å². The van der Waals surface area contributed by atoms with Crippen LogP contribution in [0.25, 0.3) is 0 Å². The zero-order chi connectivity index (χ0) is 17.1. The number of carbonyl (C=O) groups excluding carboxylic acids is 1. The first-order valence-corrected chi connectivity index (χ1v) is 8.31. The van der Waals surface area contributed by atoms with Crippen LogP contribution in [0.3, 0.4) is 0 Å². The molecule has 2 aromatic carbocycles. The number of nitrogens with zero attached hydrogens (tertiary/aromatic N) is 1. The van der Waals surface area contributed by atoms with Crippen molar-refractivity contribution in [1.82, 2.24) is 0 Å². The molecule has 1 saturated heterocycles. The molecule has 0 saturated carbocycles. The minimum Gasteiger partial charge on any atom is -0.379 e. The lowest BCUT2D eigenvalue weighted by atomic mass is 10.1. The van der Waals surface area contributed by atoms with E-state index in [-0.39, 0.29) is 18.9 Å². The van der Waals surface area contributed by atoms with Gasteiger partial charge in [0, 0.05) is 36.8 Å². The standard InChI is InChI=1S/C17H18ClN3O3/c18-11-4-3-5-12(10-11)20-13(22)6-7-19-14-15(17(24)16(14)23)21-8-1-2-9-21/h3-5,10,19H,1-2,6-9H2,(H,20,22). The first-order valence-electron chi connectivity index (χ1n) is 7.94. The molecule has 0 atom stereocenters. The zero-order valence-electron chi connectivity index (χ0n) is 13.1. The van der Waals surface area contributed by atoms with Crippen molar-refractivity contribution in [3.05, 3.63) is 49.7 Å². The molecule has 0 spiro atoms. The van der Waals surface area contributed by atoms with Crippen LogP contribution in [0.4, 0.5) is 17.1 Å². The van der Waals surface area contributed by atoms with Gasteiger partial charge in [0.25, 0.3) is 10.9 Å². The number of amides is 1. The molecular formula is C17H18ClN3O3. The fourth-order valence-electron chi connectivity index (χ4n) is 2.88. The SMILES string of the molecule is O=C(CCNc1c(N2CCCC2)c(=O)c1=O)Nc1cccc(Cl)c1. The van der Waals surface area contributed by atoms with E-state index in [9.17, 15) is 14.4 Å². The maximum atomic E-state index is 11.9. The van der Waals surface area contributed by atoms with Crippen LogP contribution >= 0.6 is 11.6 Å². The summed E-state index contributed by atoms with van der Waals surface area (Å²) in [5.74, 6) is -0.189. The smallest absolute Gasteiger partial charge is 0.253 e. The Bertz CT molecular complexity index is 821. The molecule has 1 aliphatic rings. The zero-order valence-corrected chi connectivity index (χ0v) is 13.9. The molecule has 126 valence electrons. The van der Waals surface area contributed by atoms with Crippen LogP contribution < -0.4 is 26.4 Å². The Morgan fingerprint density at radius 3 is 2.62 bits per heavy atom. The Balaban J connectivity index is 1.53. The van der Waals surface area contributed by atoms with E-state index < -0.39 is 10.9 Å². The highest BCUT2D eigenvalue weighted by atomic mass is 35.5. The fraction of sp³-hybridized carbons (Fsp3) is 0.353. The van der Waals surface area contributed by atoms with Crippen LogP contribution in [-0.4, -0.2) is 25.5 Å². The molecule has 1 fully saturated rings. The van der Waals surface area contributed by atoms with Crippen LogP contribution in [0.5, 0.6) is 0 Å². The summed E-state index contributed by atoms with van der Waals surface area (Å²) in [6.07, 6.45) is 2.24. The molecule has 0 radical (unpaired) electrons. The number of hydrogen-bond donors (Lipinski definition) is 2. The van der Waals surface area contributed by atoms with Crippen molar-refractivity contribution in [2.45, 2.75) is 19.3 Å². The first-order chi connectivity index (χ1) is 11.6. The molecule has 1 heterocycles. The lowest BCUT2D eigenvalue weighted by Crippen LogP contribution is -2.42. The average molecular weight is 348 g/mol. The number of hydrogen-bond acceptors (Lipinski definition) is 5. The van der Waals surface area contributed by atoms with E-state index >= 15 is 0 Å². The van der Waals surface area contributed by atoms with E-state index in [0.717, 1.165) is 25.9 Å². The Hall–Kier alpha value is -2.34. The van der Waals surface area contributed by atoms with E-state index in [1.54, 1.807) is 24.3 Å². The van der Waals surface area contributed by atoms with Crippen molar-refractivity contribution in [1.29, 1.82) is 0 Å². The van der Waals surface area contributed by atoms with Gasteiger partial charge in [-0.1, -0.05) is 17.7 Å². The van der Waals surface area contributed by atoms with E-state index in [4.69, 9.17) is 11.6 Å². The third-order valence-corrected chi connectivity index (χ3v) is 4.30. The first kappa shape index (κ1) is 16.5. The summed E-state index contributed by atoms with van der Waals surface area (Å²) < 4.78 is 0. The number of anilines is 3. The summed E-state index contributed by atoms with van der Waals surface area (Å²) in [6.45, 7) is 1.89. The Kier molecular flexibility index (Phi) is 4.85. The highest BCUT2D eigenvalue weighted by molar-refractivity contribution is 6.30. The molecule has 6 nitrogen and oxygen atoms in total. The van der Waals surface area contributed by atoms with Gasteiger partial charge in [0.1, 0.15) is 11.4 Å². The van der Waals surface area contributed by atoms with Gasteiger partial charge >= 0.3 is 0 Å². The lowest BCUT2D eigenvalue weighted by Gasteiger charge is -2.22. The summed E-state index contributed by atoms with van der Waals surface area (Å²) in [7, 11) is 0. The van der Waals surface area contributed by atoms with Gasteiger partial charge in [0.05, 0.1) is 0 Å². The third kappa shape index (κ3) is 3.43. The quantitative estimate of drug-likeness (QED) is 0.781. The minimum absolute atomic E-state index is 0.185. The van der Waals surface area contributed by atoms with Gasteiger partial charge in [-0.2, -0.15) is 0 Å².